The fourth-order valence-electron chi connectivity index (χ4n) is 1.14. The second-order valence-corrected chi connectivity index (χ2v) is 2.55. The van der Waals surface area contributed by atoms with E-state index in [1.165, 1.54) is 11.1 Å². The van der Waals surface area contributed by atoms with Gasteiger partial charge in [-0.05, 0) is 0 Å². The first kappa shape index (κ1) is 7.28. The third-order valence-electron chi connectivity index (χ3n) is 1.76. The molecule has 0 aromatic carbocycles. The van der Waals surface area contributed by atoms with Gasteiger partial charge in [0.05, 0.1) is 0 Å². The van der Waals surface area contributed by atoms with Crippen LogP contribution in [0.3, 0.4) is 0 Å². The molecule has 2 atom stereocenters. The van der Waals surface area contributed by atoms with E-state index in [9.17, 15) is 4.79 Å². The van der Waals surface area contributed by atoms with E-state index in [-0.39, 0.29) is 11.8 Å². The molecule has 2 unspecified atom stereocenters. The van der Waals surface area contributed by atoms with Gasteiger partial charge in [0.1, 0.15) is 6.23 Å². The lowest BCUT2D eigenvalue weighted by Crippen LogP contribution is -2.27. The average Bonchev–Trinajstić information content (AvgIpc) is 2.09. The maximum Gasteiger partial charge on any atom is 0.231 e. The highest BCUT2D eigenvalue weighted by atomic mass is 16.3. The van der Waals surface area contributed by atoms with Crippen LogP contribution in [0.4, 0.5) is 0 Å². The van der Waals surface area contributed by atoms with Crippen LogP contribution in [0.5, 0.6) is 0 Å². The summed E-state index contributed by atoms with van der Waals surface area (Å²) in [4.78, 5) is 12.3. The molecule has 0 aliphatic carbocycles. The van der Waals surface area contributed by atoms with E-state index >= 15 is 0 Å². The molecule has 0 radical (unpaired) electrons. The van der Waals surface area contributed by atoms with E-state index in [0.717, 1.165) is 0 Å². The zero-order valence-corrected chi connectivity index (χ0v) is 5.95. The quantitative estimate of drug-likeness (QED) is 0.571. The molecule has 1 saturated heterocycles. The number of likely N-dealkylation sites (tertiary alicyclic amines) is 1. The van der Waals surface area contributed by atoms with Crippen molar-refractivity contribution in [1.29, 1.82) is 0 Å². The van der Waals surface area contributed by atoms with Gasteiger partial charge in [0.15, 0.2) is 0 Å². The van der Waals surface area contributed by atoms with E-state index < -0.39 is 6.23 Å². The summed E-state index contributed by atoms with van der Waals surface area (Å²) in [6, 6.07) is 0. The van der Waals surface area contributed by atoms with Gasteiger partial charge in [0.2, 0.25) is 5.91 Å². The predicted molar refractivity (Wildman–Crippen MR) is 36.8 cm³/mol. The summed E-state index contributed by atoms with van der Waals surface area (Å²) in [6.07, 6.45) is 1.24. The fraction of sp³-hybridized carbons (Fsp3) is 0.571. The van der Waals surface area contributed by atoms with Crippen molar-refractivity contribution < 1.29 is 9.90 Å². The van der Waals surface area contributed by atoms with E-state index in [0.29, 0.717) is 6.42 Å². The molecule has 1 aliphatic rings. The van der Waals surface area contributed by atoms with E-state index in [1.807, 2.05) is 0 Å². The van der Waals surface area contributed by atoms with Crippen molar-refractivity contribution >= 4 is 5.91 Å². The van der Waals surface area contributed by atoms with Gasteiger partial charge in [-0.15, -0.1) is 0 Å². The van der Waals surface area contributed by atoms with Gasteiger partial charge in [0.25, 0.3) is 0 Å². The molecule has 0 spiro atoms. The van der Waals surface area contributed by atoms with E-state index in [2.05, 4.69) is 6.58 Å². The van der Waals surface area contributed by atoms with Crippen molar-refractivity contribution in [3.63, 3.8) is 0 Å². The fourth-order valence-corrected chi connectivity index (χ4v) is 1.14. The Bertz CT molecular complexity index is 167. The lowest BCUT2D eigenvalue weighted by Gasteiger charge is -2.13. The van der Waals surface area contributed by atoms with Gasteiger partial charge in [-0.2, -0.15) is 0 Å². The number of nitrogens with zero attached hydrogens (tertiary/aromatic N) is 1. The molecule has 1 rings (SSSR count). The van der Waals surface area contributed by atoms with Crippen molar-refractivity contribution in [2.75, 3.05) is 0 Å². The van der Waals surface area contributed by atoms with Crippen LogP contribution in [-0.4, -0.2) is 22.1 Å². The topological polar surface area (TPSA) is 40.5 Å². The minimum atomic E-state index is -0.653. The monoisotopic (exact) mass is 141 g/mol. The third kappa shape index (κ3) is 0.926. The normalized spacial score (nSPS) is 33.0. The Morgan fingerprint density at radius 2 is 2.50 bits per heavy atom. The molecular weight excluding hydrogens is 130 g/mol. The molecule has 3 nitrogen and oxygen atoms in total. The summed E-state index contributed by atoms with van der Waals surface area (Å²) in [7, 11) is 0. The number of carbonyl (C=O) groups excluding carboxylic acids is 1. The molecule has 0 saturated carbocycles. The van der Waals surface area contributed by atoms with Gasteiger partial charge in [-0.1, -0.05) is 13.5 Å². The zero-order chi connectivity index (χ0) is 7.72. The molecule has 3 heteroatoms. The largest absolute Gasteiger partial charge is 0.373 e. The molecule has 0 bridgehead atoms. The maximum absolute atomic E-state index is 11.0. The first-order valence-corrected chi connectivity index (χ1v) is 3.29. The molecule has 10 heavy (non-hydrogen) atoms. The van der Waals surface area contributed by atoms with Crippen molar-refractivity contribution in [3.05, 3.63) is 12.8 Å². The Morgan fingerprint density at radius 3 is 2.70 bits per heavy atom. The molecular formula is C7H11NO2. The van der Waals surface area contributed by atoms with Crippen LogP contribution in [0.15, 0.2) is 12.8 Å². The minimum Gasteiger partial charge on any atom is -0.373 e. The number of rotatable bonds is 1. The molecule has 0 aromatic heterocycles. The summed E-state index contributed by atoms with van der Waals surface area (Å²) in [5.41, 5.74) is 0. The van der Waals surface area contributed by atoms with Crippen molar-refractivity contribution in [1.82, 2.24) is 4.90 Å². The third-order valence-corrected chi connectivity index (χ3v) is 1.76. The summed E-state index contributed by atoms with van der Waals surface area (Å²) in [6.45, 7) is 5.22. The molecule has 0 aromatic rings. The summed E-state index contributed by atoms with van der Waals surface area (Å²) in [5, 5.41) is 9.16. The average molecular weight is 141 g/mol. The lowest BCUT2D eigenvalue weighted by atomic mass is 10.1. The molecule has 1 heterocycles. The zero-order valence-electron chi connectivity index (χ0n) is 5.95. The second kappa shape index (κ2) is 2.42. The van der Waals surface area contributed by atoms with Crippen LogP contribution in [0.1, 0.15) is 13.3 Å². The molecule has 1 N–H and O–H groups in total. The van der Waals surface area contributed by atoms with Crippen LogP contribution in [-0.2, 0) is 4.79 Å². The second-order valence-electron chi connectivity index (χ2n) is 2.55. The Kier molecular flexibility index (Phi) is 1.76. The first-order chi connectivity index (χ1) is 4.66. The van der Waals surface area contributed by atoms with Crippen LogP contribution < -0.4 is 0 Å². The number of aliphatic hydroxyl groups excluding tert-OH is 1. The van der Waals surface area contributed by atoms with Gasteiger partial charge in [-0.25, -0.2) is 0 Å². The molecule has 1 fully saturated rings. The van der Waals surface area contributed by atoms with Crippen LogP contribution >= 0.6 is 0 Å². The number of carbonyl (C=O) groups is 1. The summed E-state index contributed by atoms with van der Waals surface area (Å²) < 4.78 is 0. The summed E-state index contributed by atoms with van der Waals surface area (Å²) >= 11 is 0. The van der Waals surface area contributed by atoms with E-state index in [1.54, 1.807) is 6.92 Å². The number of hydrogen-bond donors (Lipinski definition) is 1. The SMILES string of the molecule is C=CN1C(=O)C(C)CC1O. The highest BCUT2D eigenvalue weighted by Crippen LogP contribution is 2.21. The predicted octanol–water partition coefficient (Wildman–Crippen LogP) is 0.317. The Hall–Kier alpha value is -0.830. The molecule has 1 amide bonds. The lowest BCUT2D eigenvalue weighted by molar-refractivity contribution is -0.131. The number of aliphatic hydroxyl groups is 1. The Balaban J connectivity index is 2.73. The standard InChI is InChI=1S/C7H11NO2/c1-3-8-6(9)4-5(2)7(8)10/h3,5-6,9H,1,4H2,2H3. The van der Waals surface area contributed by atoms with Crippen molar-refractivity contribution in [2.24, 2.45) is 5.92 Å². The molecule has 56 valence electrons. The van der Waals surface area contributed by atoms with Gasteiger partial charge in [-0.3, -0.25) is 9.69 Å². The van der Waals surface area contributed by atoms with Crippen molar-refractivity contribution in [2.45, 2.75) is 19.6 Å². The highest BCUT2D eigenvalue weighted by molar-refractivity contribution is 5.81. The van der Waals surface area contributed by atoms with Crippen LogP contribution in [0.25, 0.3) is 0 Å². The number of amides is 1. The minimum absolute atomic E-state index is 0.0394. The van der Waals surface area contributed by atoms with Gasteiger partial charge >= 0.3 is 0 Å². The Labute approximate surface area is 59.9 Å². The van der Waals surface area contributed by atoms with Crippen molar-refractivity contribution in [3.8, 4) is 0 Å². The number of hydrogen-bond acceptors (Lipinski definition) is 2. The first-order valence-electron chi connectivity index (χ1n) is 3.29. The van der Waals surface area contributed by atoms with Crippen LogP contribution in [0, 0.1) is 5.92 Å². The summed E-state index contributed by atoms with van der Waals surface area (Å²) in [5.74, 6) is -0.101. The highest BCUT2D eigenvalue weighted by Gasteiger charge is 2.33. The maximum atomic E-state index is 11.0. The van der Waals surface area contributed by atoms with Gasteiger partial charge < -0.3 is 5.11 Å². The van der Waals surface area contributed by atoms with Gasteiger partial charge in [0, 0.05) is 18.5 Å². The van der Waals surface area contributed by atoms with E-state index in [4.69, 9.17) is 5.11 Å². The smallest absolute Gasteiger partial charge is 0.231 e. The molecule has 1 aliphatic heterocycles. The van der Waals surface area contributed by atoms with Crippen LogP contribution in [0.2, 0.25) is 0 Å². The Morgan fingerprint density at radius 1 is 1.90 bits per heavy atom.